The molecule has 2 rings (SSSR count). The van der Waals surface area contributed by atoms with E-state index in [9.17, 15) is 0 Å². The molecule has 1 heterocycles. The Morgan fingerprint density at radius 1 is 1.24 bits per heavy atom. The fraction of sp³-hybridized carbons (Fsp3) is 0.0769. The molecule has 4 heteroatoms. The highest BCUT2D eigenvalue weighted by atomic mass is 79.9. The van der Waals surface area contributed by atoms with Crippen LogP contribution in [0.4, 0.5) is 11.4 Å². The van der Waals surface area contributed by atoms with E-state index < -0.39 is 0 Å². The largest absolute Gasteiger partial charge is 0.355 e. The zero-order valence-electron chi connectivity index (χ0n) is 9.24. The van der Waals surface area contributed by atoms with Gasteiger partial charge in [-0.2, -0.15) is 5.26 Å². The predicted molar refractivity (Wildman–Crippen MR) is 71.1 cm³/mol. The van der Waals surface area contributed by atoms with Crippen molar-refractivity contribution in [3.63, 3.8) is 0 Å². The van der Waals surface area contributed by atoms with Crippen molar-refractivity contribution in [2.75, 3.05) is 5.32 Å². The summed E-state index contributed by atoms with van der Waals surface area (Å²) in [6, 6.07) is 11.6. The van der Waals surface area contributed by atoms with E-state index in [1.165, 1.54) is 5.56 Å². The molecule has 1 aromatic heterocycles. The minimum Gasteiger partial charge on any atom is -0.355 e. The Hall–Kier alpha value is -1.86. The number of halogens is 1. The van der Waals surface area contributed by atoms with E-state index in [0.717, 1.165) is 15.8 Å². The number of benzene rings is 1. The van der Waals surface area contributed by atoms with E-state index >= 15 is 0 Å². The summed E-state index contributed by atoms with van der Waals surface area (Å²) in [5.41, 5.74) is 3.41. The molecule has 0 aliphatic heterocycles. The van der Waals surface area contributed by atoms with Crippen LogP contribution in [0.1, 0.15) is 11.3 Å². The monoisotopic (exact) mass is 287 g/mol. The molecule has 0 radical (unpaired) electrons. The van der Waals surface area contributed by atoms with Crippen LogP contribution in [0.5, 0.6) is 0 Å². The quantitative estimate of drug-likeness (QED) is 0.915. The molecule has 1 aromatic carbocycles. The van der Waals surface area contributed by atoms with Crippen molar-refractivity contribution in [1.29, 1.82) is 5.26 Å². The molecule has 2 aromatic rings. The summed E-state index contributed by atoms with van der Waals surface area (Å²) in [6.45, 7) is 2.04. The van der Waals surface area contributed by atoms with Gasteiger partial charge in [-0.25, -0.2) is 4.98 Å². The summed E-state index contributed by atoms with van der Waals surface area (Å²) in [5.74, 6) is 0. The van der Waals surface area contributed by atoms with E-state index in [1.807, 2.05) is 37.3 Å². The van der Waals surface area contributed by atoms with Crippen molar-refractivity contribution in [1.82, 2.24) is 4.98 Å². The number of aromatic nitrogens is 1. The first-order valence-electron chi connectivity index (χ1n) is 5.08. The van der Waals surface area contributed by atoms with Crippen molar-refractivity contribution in [2.45, 2.75) is 6.92 Å². The van der Waals surface area contributed by atoms with Crippen LogP contribution in [0.2, 0.25) is 0 Å². The van der Waals surface area contributed by atoms with Crippen LogP contribution in [0.15, 0.2) is 41.0 Å². The third kappa shape index (κ3) is 2.83. The summed E-state index contributed by atoms with van der Waals surface area (Å²) in [7, 11) is 0. The van der Waals surface area contributed by atoms with Gasteiger partial charge in [0, 0.05) is 22.0 Å². The van der Waals surface area contributed by atoms with E-state index in [0.29, 0.717) is 5.69 Å². The maximum absolute atomic E-state index is 8.76. The van der Waals surface area contributed by atoms with Crippen LogP contribution < -0.4 is 5.32 Å². The predicted octanol–water partition coefficient (Wildman–Crippen LogP) is 3.77. The zero-order valence-corrected chi connectivity index (χ0v) is 10.8. The fourth-order valence-electron chi connectivity index (χ4n) is 1.41. The van der Waals surface area contributed by atoms with Crippen LogP contribution in [0, 0.1) is 18.3 Å². The zero-order chi connectivity index (χ0) is 12.3. The van der Waals surface area contributed by atoms with Crippen LogP contribution >= 0.6 is 15.9 Å². The van der Waals surface area contributed by atoms with Gasteiger partial charge in [-0.05, 0) is 36.8 Å². The van der Waals surface area contributed by atoms with E-state index in [-0.39, 0.29) is 0 Å². The standard InChI is InChI=1S/C13H10BrN3/c1-9-2-3-10(7-13(9)14)17-11-4-5-16-12(6-11)8-15/h2-7H,1H3,(H,16,17). The second kappa shape index (κ2) is 4.98. The highest BCUT2D eigenvalue weighted by Crippen LogP contribution is 2.23. The Kier molecular flexibility index (Phi) is 3.40. The third-order valence-corrected chi connectivity index (χ3v) is 3.19. The van der Waals surface area contributed by atoms with Gasteiger partial charge < -0.3 is 5.32 Å². The first-order chi connectivity index (χ1) is 8.19. The van der Waals surface area contributed by atoms with Crippen LogP contribution in [0.3, 0.4) is 0 Å². The number of nitrogens with zero attached hydrogens (tertiary/aromatic N) is 2. The second-order valence-corrected chi connectivity index (χ2v) is 4.48. The lowest BCUT2D eigenvalue weighted by molar-refractivity contribution is 1.26. The van der Waals surface area contributed by atoms with Gasteiger partial charge in [-0.15, -0.1) is 0 Å². The molecule has 0 saturated carbocycles. The van der Waals surface area contributed by atoms with Crippen molar-refractivity contribution >= 4 is 27.3 Å². The molecule has 0 unspecified atom stereocenters. The van der Waals surface area contributed by atoms with E-state index in [1.54, 1.807) is 12.3 Å². The number of hydrogen-bond acceptors (Lipinski definition) is 3. The SMILES string of the molecule is Cc1ccc(Nc2ccnc(C#N)c2)cc1Br. The van der Waals surface area contributed by atoms with Crippen LogP contribution in [0.25, 0.3) is 0 Å². The Bertz CT molecular complexity index is 587. The smallest absolute Gasteiger partial charge is 0.142 e. The number of aryl methyl sites for hydroxylation is 1. The van der Waals surface area contributed by atoms with Gasteiger partial charge in [-0.1, -0.05) is 22.0 Å². The number of hydrogen-bond donors (Lipinski definition) is 1. The molecular formula is C13H10BrN3. The lowest BCUT2D eigenvalue weighted by Gasteiger charge is -2.07. The average molecular weight is 288 g/mol. The normalized spacial score (nSPS) is 9.71. The van der Waals surface area contributed by atoms with E-state index in [2.05, 4.69) is 26.2 Å². The summed E-state index contributed by atoms with van der Waals surface area (Å²) in [4.78, 5) is 3.92. The van der Waals surface area contributed by atoms with Crippen molar-refractivity contribution in [3.8, 4) is 6.07 Å². The Labute approximate surface area is 108 Å². The number of pyridine rings is 1. The van der Waals surface area contributed by atoms with Gasteiger partial charge in [0.2, 0.25) is 0 Å². The highest BCUT2D eigenvalue weighted by Gasteiger charge is 1.99. The van der Waals surface area contributed by atoms with Gasteiger partial charge in [-0.3, -0.25) is 0 Å². The summed E-state index contributed by atoms with van der Waals surface area (Å²) >= 11 is 3.48. The van der Waals surface area contributed by atoms with E-state index in [4.69, 9.17) is 5.26 Å². The first-order valence-corrected chi connectivity index (χ1v) is 5.87. The van der Waals surface area contributed by atoms with Crippen molar-refractivity contribution in [3.05, 3.63) is 52.3 Å². The average Bonchev–Trinajstić information content (AvgIpc) is 2.34. The molecule has 0 amide bonds. The lowest BCUT2D eigenvalue weighted by atomic mass is 10.2. The molecule has 0 saturated heterocycles. The molecule has 0 spiro atoms. The van der Waals surface area contributed by atoms with Gasteiger partial charge >= 0.3 is 0 Å². The second-order valence-electron chi connectivity index (χ2n) is 3.63. The number of nitriles is 1. The Morgan fingerprint density at radius 3 is 2.71 bits per heavy atom. The van der Waals surface area contributed by atoms with Crippen LogP contribution in [-0.2, 0) is 0 Å². The summed E-state index contributed by atoms with van der Waals surface area (Å²) in [5, 5.41) is 12.0. The number of rotatable bonds is 2. The molecule has 0 atom stereocenters. The molecule has 0 bridgehead atoms. The molecule has 17 heavy (non-hydrogen) atoms. The minimum atomic E-state index is 0.404. The molecule has 1 N–H and O–H groups in total. The topological polar surface area (TPSA) is 48.7 Å². The molecule has 84 valence electrons. The van der Waals surface area contributed by atoms with Gasteiger partial charge in [0.05, 0.1) is 0 Å². The van der Waals surface area contributed by atoms with Crippen molar-refractivity contribution in [2.24, 2.45) is 0 Å². The first kappa shape index (κ1) is 11.6. The summed E-state index contributed by atoms with van der Waals surface area (Å²) in [6.07, 6.45) is 1.62. The summed E-state index contributed by atoms with van der Waals surface area (Å²) < 4.78 is 1.05. The molecule has 0 fully saturated rings. The number of nitrogens with one attached hydrogen (secondary N) is 1. The van der Waals surface area contributed by atoms with Gasteiger partial charge in [0.25, 0.3) is 0 Å². The van der Waals surface area contributed by atoms with Crippen molar-refractivity contribution < 1.29 is 0 Å². The Balaban J connectivity index is 2.25. The Morgan fingerprint density at radius 2 is 2.00 bits per heavy atom. The molecular weight excluding hydrogens is 278 g/mol. The highest BCUT2D eigenvalue weighted by molar-refractivity contribution is 9.10. The number of anilines is 2. The minimum absolute atomic E-state index is 0.404. The fourth-order valence-corrected chi connectivity index (χ4v) is 1.79. The lowest BCUT2D eigenvalue weighted by Crippen LogP contribution is -1.92. The molecule has 3 nitrogen and oxygen atoms in total. The van der Waals surface area contributed by atoms with Gasteiger partial charge in [0.15, 0.2) is 0 Å². The maximum atomic E-state index is 8.76. The maximum Gasteiger partial charge on any atom is 0.142 e. The molecule has 0 aliphatic carbocycles. The molecule has 0 aliphatic rings. The third-order valence-electron chi connectivity index (χ3n) is 2.33. The van der Waals surface area contributed by atoms with Crippen LogP contribution in [-0.4, -0.2) is 4.98 Å². The van der Waals surface area contributed by atoms with Gasteiger partial charge in [0.1, 0.15) is 11.8 Å².